The quantitative estimate of drug-likeness (QED) is 0.790. The van der Waals surface area contributed by atoms with Crippen LogP contribution in [-0.2, 0) is 9.59 Å². The molecular formula is C19H23F2N3O3. The van der Waals surface area contributed by atoms with Gasteiger partial charge in [-0.2, -0.15) is 0 Å². The molecule has 1 saturated carbocycles. The van der Waals surface area contributed by atoms with Gasteiger partial charge in [0.15, 0.2) is 0 Å². The van der Waals surface area contributed by atoms with Crippen LogP contribution in [0.1, 0.15) is 51.1 Å². The number of carbonyl (C=O) groups excluding carboxylic acids is 3. The molecule has 1 saturated heterocycles. The molecule has 1 unspecified atom stereocenters. The first kappa shape index (κ1) is 19.3. The molecule has 2 aliphatic rings. The number of amides is 4. The summed E-state index contributed by atoms with van der Waals surface area (Å²) < 4.78 is 26.8. The first-order valence-corrected chi connectivity index (χ1v) is 9.10. The minimum Gasteiger partial charge on any atom is -0.348 e. The second-order valence-corrected chi connectivity index (χ2v) is 7.54. The smallest absolute Gasteiger partial charge is 0.325 e. The van der Waals surface area contributed by atoms with Crippen molar-refractivity contribution in [1.29, 1.82) is 0 Å². The highest BCUT2D eigenvalue weighted by Gasteiger charge is 2.52. The Morgan fingerprint density at radius 3 is 2.63 bits per heavy atom. The molecule has 6 nitrogen and oxygen atoms in total. The average molecular weight is 379 g/mol. The highest BCUT2D eigenvalue weighted by molar-refractivity contribution is 6.09. The summed E-state index contributed by atoms with van der Waals surface area (Å²) in [6.45, 7) is 3.22. The lowest BCUT2D eigenvalue weighted by Gasteiger charge is -2.33. The van der Waals surface area contributed by atoms with Crippen molar-refractivity contribution in [2.24, 2.45) is 5.92 Å². The highest BCUT2D eigenvalue weighted by atomic mass is 19.1. The predicted octanol–water partition coefficient (Wildman–Crippen LogP) is 2.64. The summed E-state index contributed by atoms with van der Waals surface area (Å²) in [6, 6.07) is 1.78. The van der Waals surface area contributed by atoms with Crippen LogP contribution in [0.15, 0.2) is 18.2 Å². The maximum Gasteiger partial charge on any atom is 0.325 e. The Hall–Kier alpha value is -2.51. The molecule has 1 aromatic carbocycles. The van der Waals surface area contributed by atoms with Gasteiger partial charge in [-0.15, -0.1) is 0 Å². The van der Waals surface area contributed by atoms with Gasteiger partial charge in [-0.3, -0.25) is 14.5 Å². The fourth-order valence-corrected chi connectivity index (χ4v) is 3.77. The molecule has 146 valence electrons. The standard InChI is InChI=1S/C19H23F2N3O3/c1-11-5-7-19(8-6-11)17(26)24(18(27)23-19)10-16(25)22-12(2)14-4-3-13(20)9-15(14)21/h3-4,9,11-12H,5-8,10H2,1-2H3,(H,22,25)(H,23,27). The van der Waals surface area contributed by atoms with Gasteiger partial charge in [0.25, 0.3) is 5.91 Å². The summed E-state index contributed by atoms with van der Waals surface area (Å²) >= 11 is 0. The summed E-state index contributed by atoms with van der Waals surface area (Å²) in [7, 11) is 0. The molecule has 0 bridgehead atoms. The Balaban J connectivity index is 1.63. The molecule has 0 aromatic heterocycles. The van der Waals surface area contributed by atoms with E-state index in [4.69, 9.17) is 0 Å². The molecular weight excluding hydrogens is 356 g/mol. The van der Waals surface area contributed by atoms with E-state index in [0.29, 0.717) is 18.8 Å². The summed E-state index contributed by atoms with van der Waals surface area (Å²) in [4.78, 5) is 38.2. The number of halogens is 2. The fraction of sp³-hybridized carbons (Fsp3) is 0.526. The Morgan fingerprint density at radius 1 is 1.33 bits per heavy atom. The van der Waals surface area contributed by atoms with Crippen LogP contribution < -0.4 is 10.6 Å². The van der Waals surface area contributed by atoms with Crippen LogP contribution in [0.2, 0.25) is 0 Å². The number of nitrogens with zero attached hydrogens (tertiary/aromatic N) is 1. The topological polar surface area (TPSA) is 78.5 Å². The lowest BCUT2D eigenvalue weighted by molar-refractivity contribution is -0.136. The van der Waals surface area contributed by atoms with Gasteiger partial charge in [0.1, 0.15) is 23.7 Å². The molecule has 1 aromatic rings. The van der Waals surface area contributed by atoms with Crippen LogP contribution in [0, 0.1) is 17.6 Å². The highest BCUT2D eigenvalue weighted by Crippen LogP contribution is 2.36. The SMILES string of the molecule is CC1CCC2(CC1)NC(=O)N(CC(=O)NC(C)c1ccc(F)cc1F)C2=O. The van der Waals surface area contributed by atoms with Crippen molar-refractivity contribution in [1.82, 2.24) is 15.5 Å². The van der Waals surface area contributed by atoms with Crippen molar-refractivity contribution < 1.29 is 23.2 Å². The van der Waals surface area contributed by atoms with Gasteiger partial charge in [0.2, 0.25) is 5.91 Å². The summed E-state index contributed by atoms with van der Waals surface area (Å²) in [5, 5.41) is 5.30. The van der Waals surface area contributed by atoms with Crippen LogP contribution >= 0.6 is 0 Å². The van der Waals surface area contributed by atoms with E-state index in [2.05, 4.69) is 17.6 Å². The van der Waals surface area contributed by atoms with E-state index in [1.807, 2.05) is 0 Å². The number of urea groups is 1. The van der Waals surface area contributed by atoms with Crippen molar-refractivity contribution in [3.05, 3.63) is 35.4 Å². The number of nitrogens with one attached hydrogen (secondary N) is 2. The molecule has 27 heavy (non-hydrogen) atoms. The second-order valence-electron chi connectivity index (χ2n) is 7.54. The third kappa shape index (κ3) is 3.79. The van der Waals surface area contributed by atoms with Crippen LogP contribution in [0.4, 0.5) is 13.6 Å². The minimum absolute atomic E-state index is 0.125. The van der Waals surface area contributed by atoms with Gasteiger partial charge in [-0.1, -0.05) is 13.0 Å². The van der Waals surface area contributed by atoms with Crippen LogP contribution in [0.5, 0.6) is 0 Å². The van der Waals surface area contributed by atoms with Crippen molar-refractivity contribution in [3.63, 3.8) is 0 Å². The molecule has 8 heteroatoms. The molecule has 4 amide bonds. The maximum atomic E-state index is 13.8. The van der Waals surface area contributed by atoms with E-state index in [1.54, 1.807) is 6.92 Å². The van der Waals surface area contributed by atoms with Crippen molar-refractivity contribution in [2.75, 3.05) is 6.54 Å². The molecule has 1 spiro atoms. The number of benzene rings is 1. The average Bonchev–Trinajstić information content (AvgIpc) is 2.82. The largest absolute Gasteiger partial charge is 0.348 e. The molecule has 2 N–H and O–H groups in total. The Morgan fingerprint density at radius 2 is 2.00 bits per heavy atom. The third-order valence-corrected chi connectivity index (χ3v) is 5.48. The van der Waals surface area contributed by atoms with Gasteiger partial charge < -0.3 is 10.6 Å². The van der Waals surface area contributed by atoms with E-state index in [9.17, 15) is 23.2 Å². The van der Waals surface area contributed by atoms with Crippen LogP contribution in [0.25, 0.3) is 0 Å². The van der Waals surface area contributed by atoms with Crippen molar-refractivity contribution in [3.8, 4) is 0 Å². The summed E-state index contributed by atoms with van der Waals surface area (Å²) in [5.74, 6) is -1.94. The zero-order chi connectivity index (χ0) is 19.8. The maximum absolute atomic E-state index is 13.8. The molecule has 1 atom stereocenters. The molecule has 0 radical (unpaired) electrons. The molecule has 1 heterocycles. The second kappa shape index (κ2) is 7.25. The number of carbonyl (C=O) groups is 3. The fourth-order valence-electron chi connectivity index (χ4n) is 3.77. The zero-order valence-electron chi connectivity index (χ0n) is 15.4. The number of hydrogen-bond donors (Lipinski definition) is 2. The van der Waals surface area contributed by atoms with Gasteiger partial charge in [-0.05, 0) is 44.6 Å². The van der Waals surface area contributed by atoms with E-state index < -0.39 is 41.7 Å². The molecule has 3 rings (SSSR count). The summed E-state index contributed by atoms with van der Waals surface area (Å²) in [5.41, 5.74) is -0.780. The van der Waals surface area contributed by atoms with Gasteiger partial charge in [0, 0.05) is 11.6 Å². The lowest BCUT2D eigenvalue weighted by atomic mass is 9.77. The molecule has 1 aliphatic carbocycles. The predicted molar refractivity (Wildman–Crippen MR) is 93.5 cm³/mol. The molecule has 1 aliphatic heterocycles. The third-order valence-electron chi connectivity index (χ3n) is 5.48. The zero-order valence-corrected chi connectivity index (χ0v) is 15.4. The van der Waals surface area contributed by atoms with Crippen LogP contribution in [-0.4, -0.2) is 34.8 Å². The van der Waals surface area contributed by atoms with Crippen molar-refractivity contribution >= 4 is 17.8 Å². The Bertz CT molecular complexity index is 775. The van der Waals surface area contributed by atoms with Gasteiger partial charge in [0.05, 0.1) is 6.04 Å². The number of rotatable bonds is 4. The van der Waals surface area contributed by atoms with E-state index in [1.165, 1.54) is 6.07 Å². The Kier molecular flexibility index (Phi) is 5.17. The van der Waals surface area contributed by atoms with E-state index in [0.717, 1.165) is 29.9 Å². The van der Waals surface area contributed by atoms with Gasteiger partial charge in [-0.25, -0.2) is 13.6 Å². The van der Waals surface area contributed by atoms with Crippen LogP contribution in [0.3, 0.4) is 0 Å². The Labute approximate surface area is 156 Å². The lowest BCUT2D eigenvalue weighted by Crippen LogP contribution is -2.50. The first-order valence-electron chi connectivity index (χ1n) is 9.10. The van der Waals surface area contributed by atoms with Gasteiger partial charge >= 0.3 is 6.03 Å². The number of hydrogen-bond acceptors (Lipinski definition) is 3. The monoisotopic (exact) mass is 379 g/mol. The summed E-state index contributed by atoms with van der Waals surface area (Å²) in [6.07, 6.45) is 2.81. The molecule has 2 fully saturated rings. The van der Waals surface area contributed by atoms with E-state index >= 15 is 0 Å². The van der Waals surface area contributed by atoms with Crippen molar-refractivity contribution in [2.45, 2.75) is 51.1 Å². The van der Waals surface area contributed by atoms with E-state index in [-0.39, 0.29) is 11.5 Å². The minimum atomic E-state index is -0.904. The normalized spacial score (nSPS) is 26.2. The first-order chi connectivity index (χ1) is 12.7. The number of imide groups is 1.